The summed E-state index contributed by atoms with van der Waals surface area (Å²) in [5, 5.41) is 1.72. The van der Waals surface area contributed by atoms with Crippen molar-refractivity contribution in [3.05, 3.63) is 70.3 Å². The first-order chi connectivity index (χ1) is 12.7. The van der Waals surface area contributed by atoms with Gasteiger partial charge in [0.05, 0.1) is 23.1 Å². The molecule has 1 fully saturated rings. The number of hydrogen-bond donors (Lipinski definition) is 0. The summed E-state index contributed by atoms with van der Waals surface area (Å²) in [7, 11) is 0. The molecule has 0 spiro atoms. The van der Waals surface area contributed by atoms with Gasteiger partial charge in [0.15, 0.2) is 0 Å². The predicted molar refractivity (Wildman–Crippen MR) is 105 cm³/mol. The Morgan fingerprint density at radius 1 is 1.15 bits per heavy atom. The van der Waals surface area contributed by atoms with Gasteiger partial charge in [-0.05, 0) is 36.4 Å². The fourth-order valence-corrected chi connectivity index (χ4v) is 4.29. The highest BCUT2D eigenvalue weighted by atomic mass is 35.5. The highest BCUT2D eigenvalue weighted by molar-refractivity contribution is 7.18. The first-order valence-electron chi connectivity index (χ1n) is 8.39. The van der Waals surface area contributed by atoms with E-state index in [2.05, 4.69) is 9.88 Å². The van der Waals surface area contributed by atoms with Gasteiger partial charge in [0.1, 0.15) is 0 Å². The molecule has 1 aromatic carbocycles. The fraction of sp³-hybridized carbons (Fsp3) is 0.200. The number of anilines is 1. The Kier molecular flexibility index (Phi) is 5.02. The van der Waals surface area contributed by atoms with Gasteiger partial charge < -0.3 is 9.64 Å². The molecule has 0 amide bonds. The van der Waals surface area contributed by atoms with Gasteiger partial charge in [-0.3, -0.25) is 9.78 Å². The zero-order valence-electron chi connectivity index (χ0n) is 14.0. The van der Waals surface area contributed by atoms with E-state index < -0.39 is 0 Å². The molecular weight excluding hydrogens is 368 g/mol. The van der Waals surface area contributed by atoms with E-state index in [0.29, 0.717) is 28.7 Å². The monoisotopic (exact) mass is 384 g/mol. The van der Waals surface area contributed by atoms with Crippen LogP contribution in [0.1, 0.15) is 15.2 Å². The van der Waals surface area contributed by atoms with Crippen molar-refractivity contribution in [2.75, 3.05) is 31.2 Å². The number of pyridine rings is 1. The van der Waals surface area contributed by atoms with Crippen LogP contribution in [-0.4, -0.2) is 37.1 Å². The number of thiophene rings is 1. The third-order valence-corrected chi connectivity index (χ3v) is 5.76. The maximum atomic E-state index is 12.9. The lowest BCUT2D eigenvalue weighted by atomic mass is 10.1. The van der Waals surface area contributed by atoms with Crippen LogP contribution in [0.3, 0.4) is 0 Å². The van der Waals surface area contributed by atoms with Crippen LogP contribution < -0.4 is 4.90 Å². The maximum absolute atomic E-state index is 12.9. The summed E-state index contributed by atoms with van der Waals surface area (Å²) < 4.78 is 5.47. The summed E-state index contributed by atoms with van der Waals surface area (Å²) in [5.41, 5.74) is 2.70. The number of morpholine rings is 1. The third-order valence-electron chi connectivity index (χ3n) is 4.31. The Labute approximate surface area is 161 Å². The normalized spacial score (nSPS) is 14.4. The lowest BCUT2D eigenvalue weighted by Crippen LogP contribution is -2.35. The van der Waals surface area contributed by atoms with Gasteiger partial charge in [0, 0.05) is 47.2 Å². The Bertz CT molecular complexity index is 903. The molecule has 4 nitrogen and oxygen atoms in total. The third kappa shape index (κ3) is 3.51. The van der Waals surface area contributed by atoms with Crippen LogP contribution in [0.4, 0.5) is 5.00 Å². The molecule has 1 aliphatic heterocycles. The molecule has 2 aromatic heterocycles. The second-order valence-electron chi connectivity index (χ2n) is 6.01. The summed E-state index contributed by atoms with van der Waals surface area (Å²) in [6, 6.07) is 12.9. The molecule has 0 saturated carbocycles. The van der Waals surface area contributed by atoms with E-state index >= 15 is 0 Å². The van der Waals surface area contributed by atoms with E-state index in [1.165, 1.54) is 11.3 Å². The summed E-state index contributed by atoms with van der Waals surface area (Å²) >= 11 is 7.47. The van der Waals surface area contributed by atoms with Crippen LogP contribution in [0.25, 0.3) is 11.1 Å². The van der Waals surface area contributed by atoms with Gasteiger partial charge in [-0.2, -0.15) is 0 Å². The molecule has 1 saturated heterocycles. The van der Waals surface area contributed by atoms with E-state index in [-0.39, 0.29) is 5.78 Å². The summed E-state index contributed by atoms with van der Waals surface area (Å²) in [4.78, 5) is 20.2. The minimum absolute atomic E-state index is 0.0105. The summed E-state index contributed by atoms with van der Waals surface area (Å²) in [6.45, 7) is 3.04. The first kappa shape index (κ1) is 17.2. The highest BCUT2D eigenvalue weighted by Crippen LogP contribution is 2.40. The second-order valence-corrected chi connectivity index (χ2v) is 7.47. The number of benzene rings is 1. The van der Waals surface area contributed by atoms with E-state index in [9.17, 15) is 4.79 Å². The molecule has 1 aliphatic rings. The van der Waals surface area contributed by atoms with E-state index in [1.807, 2.05) is 24.4 Å². The molecule has 3 heterocycles. The number of hydrogen-bond acceptors (Lipinski definition) is 5. The standard InChI is InChI=1S/C20H17ClN2O2S/c21-16-5-3-14(4-6-16)19(24)18-12-17(15-2-1-7-22-13-15)20(26-18)23-8-10-25-11-9-23/h1-7,12-13H,8-11H2. The Balaban J connectivity index is 1.75. The van der Waals surface area contributed by atoms with E-state index in [1.54, 1.807) is 30.5 Å². The molecule has 6 heteroatoms. The highest BCUT2D eigenvalue weighted by Gasteiger charge is 2.22. The van der Waals surface area contributed by atoms with Crippen LogP contribution in [0.15, 0.2) is 54.9 Å². The van der Waals surface area contributed by atoms with E-state index in [4.69, 9.17) is 16.3 Å². The van der Waals surface area contributed by atoms with Crippen molar-refractivity contribution in [2.24, 2.45) is 0 Å². The topological polar surface area (TPSA) is 42.4 Å². The summed E-state index contributed by atoms with van der Waals surface area (Å²) in [6.07, 6.45) is 3.59. The molecule has 3 aromatic rings. The van der Waals surface area contributed by atoms with Crippen LogP contribution in [0.2, 0.25) is 5.02 Å². The van der Waals surface area contributed by atoms with E-state index in [0.717, 1.165) is 29.2 Å². The molecule has 26 heavy (non-hydrogen) atoms. The molecule has 0 atom stereocenters. The molecule has 132 valence electrons. The number of aromatic nitrogens is 1. The van der Waals surface area contributed by atoms with Gasteiger partial charge in [0.2, 0.25) is 5.78 Å². The van der Waals surface area contributed by atoms with Crippen LogP contribution >= 0.6 is 22.9 Å². The van der Waals surface area contributed by atoms with Crippen molar-refractivity contribution in [3.8, 4) is 11.1 Å². The van der Waals surface area contributed by atoms with Gasteiger partial charge in [-0.25, -0.2) is 0 Å². The molecule has 0 unspecified atom stereocenters. The zero-order valence-corrected chi connectivity index (χ0v) is 15.6. The van der Waals surface area contributed by atoms with Crippen molar-refractivity contribution in [1.29, 1.82) is 0 Å². The Morgan fingerprint density at radius 3 is 2.62 bits per heavy atom. The number of halogens is 1. The first-order valence-corrected chi connectivity index (χ1v) is 9.59. The molecule has 4 rings (SSSR count). The van der Waals surface area contributed by atoms with Gasteiger partial charge in [-0.1, -0.05) is 17.7 Å². The van der Waals surface area contributed by atoms with Gasteiger partial charge >= 0.3 is 0 Å². The fourth-order valence-electron chi connectivity index (χ4n) is 2.97. The molecule has 0 bridgehead atoms. The maximum Gasteiger partial charge on any atom is 0.203 e. The number of ether oxygens (including phenoxy) is 1. The smallest absolute Gasteiger partial charge is 0.203 e. The molecule has 0 aliphatic carbocycles. The van der Waals surface area contributed by atoms with Crippen molar-refractivity contribution in [1.82, 2.24) is 4.98 Å². The minimum Gasteiger partial charge on any atom is -0.378 e. The average Bonchev–Trinajstić information content (AvgIpc) is 3.15. The quantitative estimate of drug-likeness (QED) is 0.620. The number of carbonyl (C=O) groups excluding carboxylic acids is 1. The van der Waals surface area contributed by atoms with Crippen LogP contribution in [0.5, 0.6) is 0 Å². The van der Waals surface area contributed by atoms with Crippen molar-refractivity contribution >= 4 is 33.7 Å². The zero-order chi connectivity index (χ0) is 17.9. The Hall–Kier alpha value is -2.21. The minimum atomic E-state index is 0.0105. The molecule has 0 N–H and O–H groups in total. The number of carbonyl (C=O) groups is 1. The lowest BCUT2D eigenvalue weighted by molar-refractivity contribution is 0.104. The van der Waals surface area contributed by atoms with Crippen molar-refractivity contribution in [3.63, 3.8) is 0 Å². The lowest BCUT2D eigenvalue weighted by Gasteiger charge is -2.28. The SMILES string of the molecule is O=C(c1ccc(Cl)cc1)c1cc(-c2cccnc2)c(N2CCOCC2)s1. The predicted octanol–water partition coefficient (Wildman–Crippen LogP) is 4.53. The largest absolute Gasteiger partial charge is 0.378 e. The molecule has 0 radical (unpaired) electrons. The number of rotatable bonds is 4. The number of ketones is 1. The van der Waals surface area contributed by atoms with Crippen molar-refractivity contribution in [2.45, 2.75) is 0 Å². The average molecular weight is 385 g/mol. The van der Waals surface area contributed by atoms with Crippen molar-refractivity contribution < 1.29 is 9.53 Å². The van der Waals surface area contributed by atoms with Crippen LogP contribution in [0, 0.1) is 0 Å². The van der Waals surface area contributed by atoms with Gasteiger partial charge in [0.25, 0.3) is 0 Å². The Morgan fingerprint density at radius 2 is 1.92 bits per heavy atom. The molecular formula is C20H17ClN2O2S. The van der Waals surface area contributed by atoms with Crippen LogP contribution in [-0.2, 0) is 4.74 Å². The number of nitrogens with zero attached hydrogens (tertiary/aromatic N) is 2. The second kappa shape index (κ2) is 7.58. The van der Waals surface area contributed by atoms with Gasteiger partial charge in [-0.15, -0.1) is 11.3 Å². The summed E-state index contributed by atoms with van der Waals surface area (Å²) in [5.74, 6) is 0.0105.